The summed E-state index contributed by atoms with van der Waals surface area (Å²) in [6, 6.07) is 20.9. The van der Waals surface area contributed by atoms with Crippen LogP contribution in [0.3, 0.4) is 0 Å². The molecule has 3 aromatic carbocycles. The third-order valence-corrected chi connectivity index (χ3v) is 5.63. The molecule has 3 aromatic rings. The van der Waals surface area contributed by atoms with Crippen LogP contribution >= 0.6 is 23.4 Å². The number of hydrogen-bond acceptors (Lipinski definition) is 2. The molecule has 0 spiro atoms. The van der Waals surface area contributed by atoms with E-state index in [4.69, 9.17) is 16.3 Å². The molecule has 0 saturated heterocycles. The second-order valence-electron chi connectivity index (χ2n) is 5.53. The molecule has 0 bridgehead atoms. The highest BCUT2D eigenvalue weighted by atomic mass is 35.5. The van der Waals surface area contributed by atoms with Crippen LogP contribution in [0.15, 0.2) is 70.5 Å². The second-order valence-corrected chi connectivity index (χ2v) is 7.05. The number of halogens is 1. The van der Waals surface area contributed by atoms with Gasteiger partial charge in [-0.25, -0.2) is 0 Å². The van der Waals surface area contributed by atoms with E-state index in [1.807, 2.05) is 24.3 Å². The molecule has 0 atom stereocenters. The lowest BCUT2D eigenvalue weighted by atomic mass is 9.35. The van der Waals surface area contributed by atoms with Crippen LogP contribution in [0.5, 0.6) is 11.5 Å². The van der Waals surface area contributed by atoms with Gasteiger partial charge in [-0.3, -0.25) is 0 Å². The van der Waals surface area contributed by atoms with Gasteiger partial charge in [0, 0.05) is 14.8 Å². The molecule has 0 N–H and O–H groups in total. The molecule has 2 heterocycles. The Kier molecular flexibility index (Phi) is 2.64. The number of para-hydroxylation sites is 1. The van der Waals surface area contributed by atoms with Gasteiger partial charge in [0.2, 0.25) is 0 Å². The fourth-order valence-electron chi connectivity index (χ4n) is 3.36. The van der Waals surface area contributed by atoms with Crippen molar-refractivity contribution in [3.05, 3.63) is 65.7 Å². The summed E-state index contributed by atoms with van der Waals surface area (Å²) in [6.07, 6.45) is 0. The highest BCUT2D eigenvalue weighted by molar-refractivity contribution is 8.00. The minimum absolute atomic E-state index is 0.227. The Balaban J connectivity index is 1.88. The summed E-state index contributed by atoms with van der Waals surface area (Å²) in [6.45, 7) is 0.227. The summed E-state index contributed by atoms with van der Waals surface area (Å²) in [5.41, 5.74) is 3.82. The van der Waals surface area contributed by atoms with E-state index in [9.17, 15) is 0 Å². The molecule has 0 unspecified atom stereocenters. The first-order valence-corrected chi connectivity index (χ1v) is 8.38. The molecule has 1 nitrogen and oxygen atoms in total. The van der Waals surface area contributed by atoms with Gasteiger partial charge < -0.3 is 4.74 Å². The quantitative estimate of drug-likeness (QED) is 0.404. The van der Waals surface area contributed by atoms with Gasteiger partial charge in [-0.15, -0.1) is 0 Å². The van der Waals surface area contributed by atoms with Crippen molar-refractivity contribution in [3.63, 3.8) is 0 Å². The lowest BCUT2D eigenvalue weighted by Crippen LogP contribution is -2.57. The van der Waals surface area contributed by atoms with Crippen molar-refractivity contribution < 1.29 is 4.74 Å². The van der Waals surface area contributed by atoms with Crippen LogP contribution in [-0.4, -0.2) is 6.71 Å². The van der Waals surface area contributed by atoms with E-state index in [-0.39, 0.29) is 6.71 Å². The van der Waals surface area contributed by atoms with Crippen molar-refractivity contribution in [3.8, 4) is 11.5 Å². The van der Waals surface area contributed by atoms with Crippen molar-refractivity contribution in [2.24, 2.45) is 0 Å². The van der Waals surface area contributed by atoms with Gasteiger partial charge in [-0.2, -0.15) is 0 Å². The fraction of sp³-hybridized carbons (Fsp3) is 0. The normalized spacial score (nSPS) is 13.8. The van der Waals surface area contributed by atoms with Crippen molar-refractivity contribution in [2.75, 3.05) is 0 Å². The fourth-order valence-corrected chi connectivity index (χ4v) is 4.84. The minimum Gasteiger partial charge on any atom is -0.458 e. The highest BCUT2D eigenvalue weighted by Crippen LogP contribution is 2.38. The molecule has 4 heteroatoms. The van der Waals surface area contributed by atoms with Gasteiger partial charge in [-0.05, 0) is 35.2 Å². The number of ether oxygens (including phenoxy) is 1. The third kappa shape index (κ3) is 1.70. The smallest absolute Gasteiger partial charge is 0.253 e. The Morgan fingerprint density at radius 3 is 2.50 bits per heavy atom. The zero-order chi connectivity index (χ0) is 14.7. The maximum atomic E-state index is 6.29. The van der Waals surface area contributed by atoms with Crippen LogP contribution in [0.2, 0.25) is 5.02 Å². The first-order chi connectivity index (χ1) is 10.8. The molecule has 0 radical (unpaired) electrons. The number of rotatable bonds is 0. The van der Waals surface area contributed by atoms with E-state index in [0.717, 1.165) is 16.5 Å². The Morgan fingerprint density at radius 1 is 0.818 bits per heavy atom. The number of fused-ring (bicyclic) bond motifs is 4. The topological polar surface area (TPSA) is 9.23 Å². The lowest BCUT2D eigenvalue weighted by molar-refractivity contribution is 0.486. The molecule has 22 heavy (non-hydrogen) atoms. The van der Waals surface area contributed by atoms with Crippen LogP contribution in [0.4, 0.5) is 0 Å². The Bertz CT molecular complexity index is 854. The van der Waals surface area contributed by atoms with Gasteiger partial charge in [-0.1, -0.05) is 65.2 Å². The van der Waals surface area contributed by atoms with E-state index < -0.39 is 0 Å². The first-order valence-electron chi connectivity index (χ1n) is 7.18. The molecule has 0 saturated carbocycles. The van der Waals surface area contributed by atoms with Crippen molar-refractivity contribution >= 4 is 46.5 Å². The van der Waals surface area contributed by atoms with Crippen molar-refractivity contribution in [1.82, 2.24) is 0 Å². The first kappa shape index (κ1) is 12.7. The third-order valence-electron chi connectivity index (χ3n) is 4.26. The average Bonchev–Trinajstić information content (AvgIpc) is 2.54. The molecule has 2 aliphatic heterocycles. The summed E-state index contributed by atoms with van der Waals surface area (Å²) < 4.78 is 6.12. The van der Waals surface area contributed by atoms with Gasteiger partial charge in [0.15, 0.2) is 0 Å². The van der Waals surface area contributed by atoms with Crippen LogP contribution in [0.1, 0.15) is 0 Å². The van der Waals surface area contributed by atoms with Crippen molar-refractivity contribution in [2.45, 2.75) is 9.79 Å². The highest BCUT2D eigenvalue weighted by Gasteiger charge is 2.38. The summed E-state index contributed by atoms with van der Waals surface area (Å²) in [7, 11) is 0. The monoisotopic (exact) mass is 320 g/mol. The summed E-state index contributed by atoms with van der Waals surface area (Å²) >= 11 is 8.07. The average molecular weight is 321 g/mol. The molecular weight excluding hydrogens is 311 g/mol. The predicted octanol–water partition coefficient (Wildman–Crippen LogP) is 3.43. The zero-order valence-electron chi connectivity index (χ0n) is 11.5. The standard InChI is InChI=1S/C18H10BClOS/c20-11-9-15-18-17(10-11)22-16-8-4-2-6-13(16)19(18)12-5-1-3-7-14(12)21-15/h1-10H. The van der Waals surface area contributed by atoms with Crippen molar-refractivity contribution in [1.29, 1.82) is 0 Å². The maximum Gasteiger partial charge on any atom is 0.253 e. The summed E-state index contributed by atoms with van der Waals surface area (Å²) in [5.74, 6) is 1.81. The Labute approximate surface area is 138 Å². The predicted molar refractivity (Wildman–Crippen MR) is 93.2 cm³/mol. The molecule has 0 aromatic heterocycles. The number of benzene rings is 3. The summed E-state index contributed by atoms with van der Waals surface area (Å²) in [4.78, 5) is 2.49. The van der Waals surface area contributed by atoms with Crippen LogP contribution in [-0.2, 0) is 0 Å². The lowest BCUT2D eigenvalue weighted by Gasteiger charge is -2.32. The second kappa shape index (κ2) is 4.58. The molecule has 104 valence electrons. The van der Waals surface area contributed by atoms with Gasteiger partial charge >= 0.3 is 0 Å². The van der Waals surface area contributed by atoms with Gasteiger partial charge in [0.25, 0.3) is 6.71 Å². The number of hydrogen-bond donors (Lipinski definition) is 0. The zero-order valence-corrected chi connectivity index (χ0v) is 13.1. The Hall–Kier alpha value is -1.84. The molecule has 2 aliphatic rings. The summed E-state index contributed by atoms with van der Waals surface area (Å²) in [5, 5.41) is 0.721. The Morgan fingerprint density at radius 2 is 1.59 bits per heavy atom. The van der Waals surface area contributed by atoms with Crippen LogP contribution in [0, 0.1) is 0 Å². The molecule has 0 fully saturated rings. The largest absolute Gasteiger partial charge is 0.458 e. The molecule has 0 aliphatic carbocycles. The van der Waals surface area contributed by atoms with Crippen LogP contribution in [0.25, 0.3) is 0 Å². The SMILES string of the molecule is Clc1cc2c3c(c1)Sc1ccccc1B3c1ccccc1O2. The molecular formula is C18H10BClOS. The van der Waals surface area contributed by atoms with E-state index in [1.165, 1.54) is 26.2 Å². The van der Waals surface area contributed by atoms with E-state index in [0.29, 0.717) is 0 Å². The molecule has 0 amide bonds. The maximum absolute atomic E-state index is 6.29. The van der Waals surface area contributed by atoms with E-state index >= 15 is 0 Å². The van der Waals surface area contributed by atoms with Crippen LogP contribution < -0.4 is 21.1 Å². The van der Waals surface area contributed by atoms with E-state index in [2.05, 4.69) is 36.4 Å². The minimum atomic E-state index is 0.227. The van der Waals surface area contributed by atoms with E-state index in [1.54, 1.807) is 11.8 Å². The van der Waals surface area contributed by atoms with Gasteiger partial charge in [0.1, 0.15) is 11.5 Å². The molecule has 5 rings (SSSR count). The van der Waals surface area contributed by atoms with Gasteiger partial charge in [0.05, 0.1) is 0 Å².